The largest absolute Gasteiger partial charge is 0.354 e. The Kier molecular flexibility index (Phi) is 6.13. The van der Waals surface area contributed by atoms with Crippen LogP contribution in [0.3, 0.4) is 0 Å². The second kappa shape index (κ2) is 7.12. The molecule has 0 atom stereocenters. The van der Waals surface area contributed by atoms with Crippen LogP contribution in [0.15, 0.2) is 15.7 Å². The molecule has 0 aliphatic heterocycles. The molecule has 1 aromatic rings. The van der Waals surface area contributed by atoms with Gasteiger partial charge in [-0.1, -0.05) is 20.8 Å². The molecule has 1 heterocycles. The van der Waals surface area contributed by atoms with Crippen LogP contribution in [0.5, 0.6) is 0 Å². The fraction of sp³-hybridized carbons (Fsp3) is 0.636. The van der Waals surface area contributed by atoms with Gasteiger partial charge in [0.25, 0.3) is 0 Å². The van der Waals surface area contributed by atoms with Gasteiger partial charge in [0.15, 0.2) is 0 Å². The molecule has 0 saturated carbocycles. The maximum atomic E-state index is 4.48. The van der Waals surface area contributed by atoms with Crippen LogP contribution in [0.2, 0.25) is 0 Å². The first-order valence-electron chi connectivity index (χ1n) is 5.52. The maximum absolute atomic E-state index is 4.48. The van der Waals surface area contributed by atoms with Crippen LogP contribution in [-0.4, -0.2) is 22.3 Å². The van der Waals surface area contributed by atoms with Crippen molar-refractivity contribution in [2.75, 3.05) is 17.6 Å². The zero-order valence-electron chi connectivity index (χ0n) is 9.96. The second-order valence-corrected chi connectivity index (χ2v) is 5.84. The first kappa shape index (κ1) is 13.8. The minimum Gasteiger partial charge on any atom is -0.354 e. The summed E-state index contributed by atoms with van der Waals surface area (Å²) in [6, 6.07) is 0. The summed E-state index contributed by atoms with van der Waals surface area (Å²) in [6.45, 7) is 7.45. The summed E-state index contributed by atoms with van der Waals surface area (Å²) in [4.78, 5) is 8.70. The molecule has 1 N–H and O–H groups in total. The van der Waals surface area contributed by atoms with E-state index >= 15 is 0 Å². The molecule has 1 rings (SSSR count). The summed E-state index contributed by atoms with van der Waals surface area (Å²) in [5.74, 6) is 2.46. The lowest BCUT2D eigenvalue weighted by Crippen LogP contribution is -2.05. The van der Waals surface area contributed by atoms with Gasteiger partial charge in [-0.2, -0.15) is 0 Å². The highest BCUT2D eigenvalue weighted by molar-refractivity contribution is 9.10. The van der Waals surface area contributed by atoms with Crippen LogP contribution >= 0.6 is 27.7 Å². The van der Waals surface area contributed by atoms with E-state index in [2.05, 4.69) is 52.0 Å². The summed E-state index contributed by atoms with van der Waals surface area (Å²) >= 11 is 5.24. The van der Waals surface area contributed by atoms with Gasteiger partial charge in [-0.25, -0.2) is 9.97 Å². The molecule has 0 unspecified atom stereocenters. The highest BCUT2D eigenvalue weighted by Crippen LogP contribution is 2.27. The van der Waals surface area contributed by atoms with Crippen molar-refractivity contribution in [2.24, 2.45) is 5.92 Å². The number of halogens is 1. The van der Waals surface area contributed by atoms with Gasteiger partial charge in [-0.15, -0.1) is 11.8 Å². The first-order chi connectivity index (χ1) is 7.63. The van der Waals surface area contributed by atoms with Gasteiger partial charge in [0.2, 0.25) is 5.95 Å². The van der Waals surface area contributed by atoms with E-state index in [4.69, 9.17) is 0 Å². The van der Waals surface area contributed by atoms with Crippen molar-refractivity contribution in [3.8, 4) is 0 Å². The quantitative estimate of drug-likeness (QED) is 0.640. The summed E-state index contributed by atoms with van der Waals surface area (Å²) < 4.78 is 0.972. The van der Waals surface area contributed by atoms with Crippen molar-refractivity contribution >= 4 is 33.6 Å². The molecule has 90 valence electrons. The maximum Gasteiger partial charge on any atom is 0.223 e. The van der Waals surface area contributed by atoms with Gasteiger partial charge < -0.3 is 5.32 Å². The molecular formula is C11H18BrN3S. The zero-order valence-corrected chi connectivity index (χ0v) is 12.4. The van der Waals surface area contributed by atoms with Crippen molar-refractivity contribution in [1.29, 1.82) is 0 Å². The SMILES string of the molecule is CCCNc1ncc(Br)c(SCC(C)C)n1. The number of thioether (sulfide) groups is 1. The number of nitrogens with one attached hydrogen (secondary N) is 1. The van der Waals surface area contributed by atoms with E-state index in [1.807, 2.05) is 6.20 Å². The molecule has 0 spiro atoms. The molecular weight excluding hydrogens is 286 g/mol. The molecule has 0 aliphatic rings. The Balaban J connectivity index is 2.66. The summed E-state index contributed by atoms with van der Waals surface area (Å²) in [5, 5.41) is 4.21. The fourth-order valence-corrected chi connectivity index (χ4v) is 2.39. The van der Waals surface area contributed by atoms with Gasteiger partial charge in [-0.3, -0.25) is 0 Å². The minimum atomic E-state index is 0.666. The third-order valence-corrected chi connectivity index (χ3v) is 4.06. The van der Waals surface area contributed by atoms with E-state index in [-0.39, 0.29) is 0 Å². The van der Waals surface area contributed by atoms with Gasteiger partial charge in [-0.05, 0) is 28.3 Å². The van der Waals surface area contributed by atoms with Crippen LogP contribution < -0.4 is 5.32 Å². The van der Waals surface area contributed by atoms with E-state index in [0.717, 1.165) is 34.2 Å². The predicted molar refractivity (Wildman–Crippen MR) is 74.1 cm³/mol. The fourth-order valence-electron chi connectivity index (χ4n) is 1.02. The molecule has 1 aromatic heterocycles. The van der Waals surface area contributed by atoms with Crippen molar-refractivity contribution in [2.45, 2.75) is 32.2 Å². The average molecular weight is 304 g/mol. The van der Waals surface area contributed by atoms with Gasteiger partial charge in [0, 0.05) is 18.5 Å². The molecule has 0 aliphatic carbocycles. The molecule has 0 aromatic carbocycles. The molecule has 0 saturated heterocycles. The zero-order chi connectivity index (χ0) is 12.0. The molecule has 5 heteroatoms. The third kappa shape index (κ3) is 4.70. The number of aromatic nitrogens is 2. The van der Waals surface area contributed by atoms with Crippen LogP contribution in [0.4, 0.5) is 5.95 Å². The summed E-state index contributed by atoms with van der Waals surface area (Å²) in [5.41, 5.74) is 0. The lowest BCUT2D eigenvalue weighted by atomic mass is 10.3. The summed E-state index contributed by atoms with van der Waals surface area (Å²) in [7, 11) is 0. The number of rotatable bonds is 6. The topological polar surface area (TPSA) is 37.8 Å². The average Bonchev–Trinajstić information content (AvgIpc) is 2.26. The Hall–Kier alpha value is -0.290. The third-order valence-electron chi connectivity index (χ3n) is 1.80. The monoisotopic (exact) mass is 303 g/mol. The van der Waals surface area contributed by atoms with E-state index < -0.39 is 0 Å². The Bertz CT molecular complexity index is 331. The Morgan fingerprint density at radius 2 is 2.25 bits per heavy atom. The van der Waals surface area contributed by atoms with Crippen LogP contribution in [0.1, 0.15) is 27.2 Å². The minimum absolute atomic E-state index is 0.666. The van der Waals surface area contributed by atoms with Gasteiger partial charge in [0.1, 0.15) is 5.03 Å². The normalized spacial score (nSPS) is 10.8. The number of anilines is 1. The Labute approximate surface area is 110 Å². The smallest absolute Gasteiger partial charge is 0.223 e. The molecule has 0 fully saturated rings. The van der Waals surface area contributed by atoms with Gasteiger partial charge >= 0.3 is 0 Å². The van der Waals surface area contributed by atoms with Crippen molar-refractivity contribution in [3.05, 3.63) is 10.7 Å². The van der Waals surface area contributed by atoms with Crippen molar-refractivity contribution in [3.63, 3.8) is 0 Å². The lowest BCUT2D eigenvalue weighted by molar-refractivity contribution is 0.749. The Morgan fingerprint density at radius 3 is 2.88 bits per heavy atom. The number of hydrogen-bond donors (Lipinski definition) is 1. The van der Waals surface area contributed by atoms with Crippen LogP contribution in [0.25, 0.3) is 0 Å². The number of hydrogen-bond acceptors (Lipinski definition) is 4. The Morgan fingerprint density at radius 1 is 1.50 bits per heavy atom. The molecule has 0 amide bonds. The van der Waals surface area contributed by atoms with Crippen LogP contribution in [0, 0.1) is 5.92 Å². The van der Waals surface area contributed by atoms with Gasteiger partial charge in [0.05, 0.1) is 4.47 Å². The lowest BCUT2D eigenvalue weighted by Gasteiger charge is -2.08. The molecule has 3 nitrogen and oxygen atoms in total. The first-order valence-corrected chi connectivity index (χ1v) is 7.30. The standard InChI is InChI=1S/C11H18BrN3S/c1-4-5-13-11-14-6-9(12)10(15-11)16-7-8(2)3/h6,8H,4-5,7H2,1-3H3,(H,13,14,15). The van der Waals surface area contributed by atoms with Crippen molar-refractivity contribution in [1.82, 2.24) is 9.97 Å². The van der Waals surface area contributed by atoms with E-state index in [9.17, 15) is 0 Å². The summed E-state index contributed by atoms with van der Waals surface area (Å²) in [6.07, 6.45) is 2.89. The molecule has 16 heavy (non-hydrogen) atoms. The highest BCUT2D eigenvalue weighted by Gasteiger charge is 2.06. The molecule has 0 bridgehead atoms. The highest BCUT2D eigenvalue weighted by atomic mass is 79.9. The number of nitrogens with zero attached hydrogens (tertiary/aromatic N) is 2. The van der Waals surface area contributed by atoms with E-state index in [0.29, 0.717) is 5.92 Å². The van der Waals surface area contributed by atoms with Crippen LogP contribution in [-0.2, 0) is 0 Å². The second-order valence-electron chi connectivity index (χ2n) is 3.98. The molecule has 0 radical (unpaired) electrons. The van der Waals surface area contributed by atoms with E-state index in [1.54, 1.807) is 11.8 Å². The predicted octanol–water partition coefficient (Wildman–Crippen LogP) is 3.81. The van der Waals surface area contributed by atoms with E-state index in [1.165, 1.54) is 0 Å². The van der Waals surface area contributed by atoms with Crippen molar-refractivity contribution < 1.29 is 0 Å².